The average Bonchev–Trinajstić information content (AvgIpc) is 2.78. The number of carbonyl (C=O) groups excluding carboxylic acids is 1. The van der Waals surface area contributed by atoms with Gasteiger partial charge in [-0.05, 0) is 30.5 Å². The lowest BCUT2D eigenvalue weighted by Gasteiger charge is -2.33. The first-order valence-corrected chi connectivity index (χ1v) is 11.3. The van der Waals surface area contributed by atoms with E-state index in [4.69, 9.17) is 9.47 Å². The molecule has 30 heavy (non-hydrogen) atoms. The van der Waals surface area contributed by atoms with Gasteiger partial charge in [-0.1, -0.05) is 30.3 Å². The fourth-order valence-electron chi connectivity index (χ4n) is 3.74. The summed E-state index contributed by atoms with van der Waals surface area (Å²) >= 11 is 0. The van der Waals surface area contributed by atoms with Gasteiger partial charge in [0.25, 0.3) is 0 Å². The van der Waals surface area contributed by atoms with E-state index in [2.05, 4.69) is 0 Å². The van der Waals surface area contributed by atoms with Crippen LogP contribution < -0.4 is 9.47 Å². The number of benzene rings is 2. The molecule has 0 unspecified atom stereocenters. The Morgan fingerprint density at radius 3 is 2.47 bits per heavy atom. The van der Waals surface area contributed by atoms with E-state index in [-0.39, 0.29) is 23.3 Å². The number of hydrogen-bond acceptors (Lipinski definition) is 5. The summed E-state index contributed by atoms with van der Waals surface area (Å²) in [6.07, 6.45) is 1.32. The molecule has 1 saturated heterocycles. The van der Waals surface area contributed by atoms with Gasteiger partial charge < -0.3 is 14.4 Å². The van der Waals surface area contributed by atoms with E-state index >= 15 is 0 Å². The number of piperidine rings is 1. The van der Waals surface area contributed by atoms with E-state index in [1.165, 1.54) is 30.7 Å². The van der Waals surface area contributed by atoms with Crippen molar-refractivity contribution >= 4 is 15.9 Å². The molecular weight excluding hydrogens is 404 g/mol. The van der Waals surface area contributed by atoms with Crippen LogP contribution in [0.15, 0.2) is 53.4 Å². The second kappa shape index (κ2) is 9.49. The molecule has 8 heteroatoms. The summed E-state index contributed by atoms with van der Waals surface area (Å²) < 4.78 is 38.2. The van der Waals surface area contributed by atoms with Crippen molar-refractivity contribution in [2.75, 3.05) is 34.4 Å². The summed E-state index contributed by atoms with van der Waals surface area (Å²) in [5.41, 5.74) is 1.04. The lowest BCUT2D eigenvalue weighted by atomic mass is 9.98. The molecule has 0 spiro atoms. The average molecular weight is 433 g/mol. The molecule has 0 saturated carbocycles. The van der Waals surface area contributed by atoms with Gasteiger partial charge in [-0.2, -0.15) is 4.31 Å². The first kappa shape index (κ1) is 22.1. The second-order valence-electron chi connectivity index (χ2n) is 7.40. The van der Waals surface area contributed by atoms with Crippen LogP contribution in [-0.2, 0) is 21.4 Å². The number of carbonyl (C=O) groups is 1. The lowest BCUT2D eigenvalue weighted by molar-refractivity contribution is -0.135. The summed E-state index contributed by atoms with van der Waals surface area (Å²) in [6, 6.07) is 14.3. The fourth-order valence-corrected chi connectivity index (χ4v) is 5.28. The predicted octanol–water partition coefficient (Wildman–Crippen LogP) is 2.76. The molecule has 0 N–H and O–H groups in total. The molecule has 1 aliphatic heterocycles. The molecule has 2 aromatic carbocycles. The van der Waals surface area contributed by atoms with E-state index in [0.29, 0.717) is 37.4 Å². The minimum atomic E-state index is -3.74. The fraction of sp³-hybridized carbons (Fsp3) is 0.409. The number of hydrogen-bond donors (Lipinski definition) is 0. The minimum absolute atomic E-state index is 0.0361. The maximum atomic E-state index is 13.2. The molecule has 1 aliphatic rings. The molecule has 3 rings (SSSR count). The third-order valence-electron chi connectivity index (χ3n) is 5.36. The number of sulfonamides is 1. The van der Waals surface area contributed by atoms with Crippen LogP contribution in [0, 0.1) is 5.92 Å². The van der Waals surface area contributed by atoms with Crippen LogP contribution >= 0.6 is 0 Å². The highest BCUT2D eigenvalue weighted by atomic mass is 32.2. The van der Waals surface area contributed by atoms with Crippen molar-refractivity contribution in [3.05, 3.63) is 54.1 Å². The maximum absolute atomic E-state index is 13.2. The molecule has 0 aromatic heterocycles. The number of ether oxygens (including phenoxy) is 2. The number of amides is 1. The van der Waals surface area contributed by atoms with Gasteiger partial charge in [-0.15, -0.1) is 0 Å². The summed E-state index contributed by atoms with van der Waals surface area (Å²) in [5, 5.41) is 0. The van der Waals surface area contributed by atoms with Crippen molar-refractivity contribution in [1.29, 1.82) is 0 Å². The molecule has 2 aromatic rings. The monoisotopic (exact) mass is 432 g/mol. The van der Waals surface area contributed by atoms with Gasteiger partial charge in [0.15, 0.2) is 11.5 Å². The highest BCUT2D eigenvalue weighted by molar-refractivity contribution is 7.89. The Hall–Kier alpha value is -2.58. The van der Waals surface area contributed by atoms with Crippen molar-refractivity contribution in [2.45, 2.75) is 24.3 Å². The molecule has 1 fully saturated rings. The molecule has 1 atom stereocenters. The van der Waals surface area contributed by atoms with Gasteiger partial charge in [0.1, 0.15) is 0 Å². The highest BCUT2D eigenvalue weighted by Gasteiger charge is 2.34. The Morgan fingerprint density at radius 2 is 1.80 bits per heavy atom. The van der Waals surface area contributed by atoms with E-state index in [0.717, 1.165) is 5.56 Å². The summed E-state index contributed by atoms with van der Waals surface area (Å²) in [5.74, 6) is 0.421. The summed E-state index contributed by atoms with van der Waals surface area (Å²) in [7, 11) is 0.981. The topological polar surface area (TPSA) is 76.2 Å². The normalized spacial score (nSPS) is 17.4. The van der Waals surface area contributed by atoms with E-state index < -0.39 is 10.0 Å². The SMILES string of the molecule is COc1ccc(S(=O)(=O)N2CCC[C@H](C(=O)N(C)Cc3ccccc3)C2)cc1OC. The van der Waals surface area contributed by atoms with Crippen molar-refractivity contribution in [3.63, 3.8) is 0 Å². The largest absolute Gasteiger partial charge is 0.493 e. The second-order valence-corrected chi connectivity index (χ2v) is 9.34. The number of rotatable bonds is 7. The van der Waals surface area contributed by atoms with Gasteiger partial charge in [-0.25, -0.2) is 8.42 Å². The lowest BCUT2D eigenvalue weighted by Crippen LogP contribution is -2.45. The Bertz CT molecular complexity index is 978. The maximum Gasteiger partial charge on any atom is 0.243 e. The van der Waals surface area contributed by atoms with E-state index in [1.807, 2.05) is 30.3 Å². The molecular formula is C22H28N2O5S. The standard InChI is InChI=1S/C22H28N2O5S/c1-23(15-17-8-5-4-6-9-17)22(25)18-10-7-13-24(16-18)30(26,27)19-11-12-20(28-2)21(14-19)29-3/h4-6,8-9,11-12,14,18H,7,10,13,15-16H2,1-3H3/t18-/m0/s1. The van der Waals surface area contributed by atoms with Gasteiger partial charge in [0.05, 0.1) is 25.0 Å². The van der Waals surface area contributed by atoms with Gasteiger partial charge in [0.2, 0.25) is 15.9 Å². The van der Waals surface area contributed by atoms with Gasteiger partial charge >= 0.3 is 0 Å². The summed E-state index contributed by atoms with van der Waals surface area (Å²) in [6.45, 7) is 1.07. The highest BCUT2D eigenvalue weighted by Crippen LogP contribution is 2.32. The van der Waals surface area contributed by atoms with E-state index in [1.54, 1.807) is 18.0 Å². The quantitative estimate of drug-likeness (QED) is 0.673. The molecule has 162 valence electrons. The predicted molar refractivity (Wildman–Crippen MR) is 114 cm³/mol. The smallest absolute Gasteiger partial charge is 0.243 e. The van der Waals surface area contributed by atoms with Crippen molar-refractivity contribution < 1.29 is 22.7 Å². The van der Waals surface area contributed by atoms with Crippen LogP contribution in [0.3, 0.4) is 0 Å². The minimum Gasteiger partial charge on any atom is -0.493 e. The first-order chi connectivity index (χ1) is 14.4. The van der Waals surface area contributed by atoms with E-state index in [9.17, 15) is 13.2 Å². The van der Waals surface area contributed by atoms with Crippen LogP contribution in [0.5, 0.6) is 11.5 Å². The summed E-state index contributed by atoms with van der Waals surface area (Å²) in [4.78, 5) is 14.8. The Balaban J connectivity index is 1.74. The third-order valence-corrected chi connectivity index (χ3v) is 7.23. The third kappa shape index (κ3) is 4.76. The zero-order valence-electron chi connectivity index (χ0n) is 17.6. The Morgan fingerprint density at radius 1 is 1.10 bits per heavy atom. The molecule has 0 bridgehead atoms. The van der Waals surface area contributed by atoms with Crippen LogP contribution in [0.1, 0.15) is 18.4 Å². The number of methoxy groups -OCH3 is 2. The zero-order chi connectivity index (χ0) is 21.7. The van der Waals surface area contributed by atoms with Crippen molar-refractivity contribution in [3.8, 4) is 11.5 Å². The van der Waals surface area contributed by atoms with Crippen molar-refractivity contribution in [1.82, 2.24) is 9.21 Å². The molecule has 1 heterocycles. The van der Waals surface area contributed by atoms with Crippen LogP contribution in [-0.4, -0.2) is 57.9 Å². The Kier molecular flexibility index (Phi) is 6.99. The van der Waals surface area contributed by atoms with Crippen LogP contribution in [0.25, 0.3) is 0 Å². The zero-order valence-corrected chi connectivity index (χ0v) is 18.4. The Labute approximate surface area is 178 Å². The van der Waals surface area contributed by atoms with Crippen LogP contribution in [0.4, 0.5) is 0 Å². The van der Waals surface area contributed by atoms with Gasteiger partial charge in [-0.3, -0.25) is 4.79 Å². The molecule has 7 nitrogen and oxygen atoms in total. The van der Waals surface area contributed by atoms with Crippen LogP contribution in [0.2, 0.25) is 0 Å². The molecule has 0 radical (unpaired) electrons. The first-order valence-electron chi connectivity index (χ1n) is 9.88. The van der Waals surface area contributed by atoms with Crippen molar-refractivity contribution in [2.24, 2.45) is 5.92 Å². The van der Waals surface area contributed by atoms with Gasteiger partial charge in [0, 0.05) is 32.7 Å². The molecule has 0 aliphatic carbocycles. The molecule has 1 amide bonds. The number of nitrogens with zero attached hydrogens (tertiary/aromatic N) is 2.